The lowest BCUT2D eigenvalue weighted by Crippen LogP contribution is -2.33. The highest BCUT2D eigenvalue weighted by Gasteiger charge is 2.17. The van der Waals surface area contributed by atoms with Gasteiger partial charge in [-0.15, -0.1) is 11.8 Å². The maximum absolute atomic E-state index is 12.4. The van der Waals surface area contributed by atoms with Gasteiger partial charge in [0, 0.05) is 9.92 Å². The summed E-state index contributed by atoms with van der Waals surface area (Å²) in [4.78, 5) is 13.4. The minimum absolute atomic E-state index is 0.00155. The maximum atomic E-state index is 12.4. The highest BCUT2D eigenvalue weighted by Crippen LogP contribution is 2.25. The summed E-state index contributed by atoms with van der Waals surface area (Å²) in [6.07, 6.45) is 1.02. The van der Waals surface area contributed by atoms with Gasteiger partial charge in [0.25, 0.3) is 0 Å². The summed E-state index contributed by atoms with van der Waals surface area (Å²) in [6.45, 7) is 6.07. The number of nitrogens with one attached hydrogen (secondary N) is 1. The van der Waals surface area contributed by atoms with E-state index in [9.17, 15) is 4.79 Å². The Labute approximate surface area is 147 Å². The van der Waals surface area contributed by atoms with Crippen molar-refractivity contribution in [3.63, 3.8) is 0 Å². The van der Waals surface area contributed by atoms with Gasteiger partial charge in [0.05, 0.1) is 11.3 Å². The summed E-state index contributed by atoms with van der Waals surface area (Å²) in [5.41, 5.74) is 2.43. The predicted octanol–water partition coefficient (Wildman–Crippen LogP) is 5.26. The van der Waals surface area contributed by atoms with Crippen LogP contribution in [-0.2, 0) is 11.2 Å². The van der Waals surface area contributed by atoms with Crippen LogP contribution in [0.15, 0.2) is 53.4 Å². The van der Waals surface area contributed by atoms with Crippen molar-refractivity contribution in [1.82, 2.24) is 5.32 Å². The van der Waals surface area contributed by atoms with Gasteiger partial charge in [-0.25, -0.2) is 0 Å². The van der Waals surface area contributed by atoms with Crippen LogP contribution in [0.4, 0.5) is 0 Å². The third-order valence-corrected chi connectivity index (χ3v) is 5.11. The second-order valence-electron chi connectivity index (χ2n) is 5.54. The van der Waals surface area contributed by atoms with Crippen LogP contribution in [0.25, 0.3) is 0 Å². The molecule has 2 rings (SSSR count). The van der Waals surface area contributed by atoms with Crippen molar-refractivity contribution in [3.8, 4) is 0 Å². The molecular formula is C19H22ClNOS. The topological polar surface area (TPSA) is 29.1 Å². The molecule has 0 heterocycles. The fourth-order valence-electron chi connectivity index (χ4n) is 2.23. The van der Waals surface area contributed by atoms with Crippen LogP contribution in [0.1, 0.15) is 37.9 Å². The lowest BCUT2D eigenvalue weighted by molar-refractivity contribution is -0.120. The van der Waals surface area contributed by atoms with Crippen LogP contribution in [-0.4, -0.2) is 11.2 Å². The van der Waals surface area contributed by atoms with Crippen LogP contribution < -0.4 is 5.32 Å². The van der Waals surface area contributed by atoms with Crippen LogP contribution in [0, 0.1) is 0 Å². The van der Waals surface area contributed by atoms with Gasteiger partial charge in [-0.05, 0) is 55.7 Å². The zero-order valence-corrected chi connectivity index (χ0v) is 15.2. The van der Waals surface area contributed by atoms with E-state index in [-0.39, 0.29) is 17.2 Å². The number of carbonyl (C=O) groups excluding carboxylic acids is 1. The molecule has 23 heavy (non-hydrogen) atoms. The van der Waals surface area contributed by atoms with Gasteiger partial charge in [-0.2, -0.15) is 0 Å². The molecule has 4 heteroatoms. The lowest BCUT2D eigenvalue weighted by Gasteiger charge is -2.18. The van der Waals surface area contributed by atoms with Gasteiger partial charge >= 0.3 is 0 Å². The molecule has 0 bridgehead atoms. The van der Waals surface area contributed by atoms with E-state index in [1.54, 1.807) is 0 Å². The van der Waals surface area contributed by atoms with E-state index in [1.807, 2.05) is 38.1 Å². The molecule has 0 aliphatic heterocycles. The van der Waals surface area contributed by atoms with Crippen molar-refractivity contribution in [1.29, 1.82) is 0 Å². The Bertz CT molecular complexity index is 639. The van der Waals surface area contributed by atoms with Gasteiger partial charge < -0.3 is 5.32 Å². The first kappa shape index (κ1) is 17.9. The molecule has 2 atom stereocenters. The first-order valence-electron chi connectivity index (χ1n) is 7.81. The maximum Gasteiger partial charge on any atom is 0.233 e. The zero-order valence-electron chi connectivity index (χ0n) is 13.7. The van der Waals surface area contributed by atoms with E-state index in [0.717, 1.165) is 16.9 Å². The van der Waals surface area contributed by atoms with Crippen LogP contribution in [0.3, 0.4) is 0 Å². The van der Waals surface area contributed by atoms with Gasteiger partial charge in [0.15, 0.2) is 0 Å². The van der Waals surface area contributed by atoms with Crippen molar-refractivity contribution in [2.75, 3.05) is 0 Å². The molecule has 2 aromatic rings. The molecule has 0 aliphatic carbocycles. The summed E-state index contributed by atoms with van der Waals surface area (Å²) in [7, 11) is 0. The van der Waals surface area contributed by atoms with E-state index in [4.69, 9.17) is 11.6 Å². The summed E-state index contributed by atoms with van der Waals surface area (Å²) >= 11 is 7.41. The largest absolute Gasteiger partial charge is 0.349 e. The fraction of sp³-hybridized carbons (Fsp3) is 0.316. The average Bonchev–Trinajstić information content (AvgIpc) is 2.56. The minimum Gasteiger partial charge on any atom is -0.349 e. The molecule has 0 radical (unpaired) electrons. The number of hydrogen-bond donors (Lipinski definition) is 1. The van der Waals surface area contributed by atoms with Crippen molar-refractivity contribution in [3.05, 3.63) is 64.7 Å². The summed E-state index contributed by atoms with van der Waals surface area (Å²) < 4.78 is 0. The fourth-order valence-corrected chi connectivity index (χ4v) is 3.23. The predicted molar refractivity (Wildman–Crippen MR) is 99.1 cm³/mol. The number of halogens is 1. The van der Waals surface area contributed by atoms with Crippen LogP contribution in [0.5, 0.6) is 0 Å². The molecule has 0 fully saturated rings. The number of rotatable bonds is 6. The second-order valence-corrected chi connectivity index (χ2v) is 7.39. The van der Waals surface area contributed by atoms with Crippen molar-refractivity contribution in [2.45, 2.75) is 43.4 Å². The third kappa shape index (κ3) is 5.29. The first-order valence-corrected chi connectivity index (χ1v) is 9.06. The Balaban J connectivity index is 1.92. The highest BCUT2D eigenvalue weighted by atomic mass is 35.5. The Morgan fingerprint density at radius 3 is 2.26 bits per heavy atom. The standard InChI is InChI=1S/C19H22ClNOS/c1-4-15-5-7-16(8-6-15)13(2)21-19(22)14(3)23-18-11-9-17(20)10-12-18/h5-14H,4H2,1-3H3,(H,21,22)/t13-,14-/m1/s1. The van der Waals surface area contributed by atoms with E-state index >= 15 is 0 Å². The molecule has 0 unspecified atom stereocenters. The number of benzene rings is 2. The first-order chi connectivity index (χ1) is 11.0. The normalized spacial score (nSPS) is 13.4. The molecule has 0 aromatic heterocycles. The number of aryl methyl sites for hydroxylation is 1. The van der Waals surface area contributed by atoms with E-state index in [2.05, 4.69) is 36.5 Å². The third-order valence-electron chi connectivity index (χ3n) is 3.74. The summed E-state index contributed by atoms with van der Waals surface area (Å²) in [5.74, 6) is 0.0389. The van der Waals surface area contributed by atoms with Gasteiger partial charge in [0.1, 0.15) is 0 Å². The lowest BCUT2D eigenvalue weighted by atomic mass is 10.0. The van der Waals surface area contributed by atoms with Crippen molar-refractivity contribution < 1.29 is 4.79 Å². The van der Waals surface area contributed by atoms with E-state index in [1.165, 1.54) is 17.3 Å². The molecule has 1 amide bonds. The molecule has 0 saturated heterocycles. The quantitative estimate of drug-likeness (QED) is 0.722. The van der Waals surface area contributed by atoms with Gasteiger partial charge in [-0.1, -0.05) is 42.8 Å². The van der Waals surface area contributed by atoms with Crippen LogP contribution in [0.2, 0.25) is 5.02 Å². The molecule has 2 aromatic carbocycles. The van der Waals surface area contributed by atoms with Crippen molar-refractivity contribution >= 4 is 29.3 Å². The summed E-state index contributed by atoms with van der Waals surface area (Å²) in [5, 5.41) is 3.62. The summed E-state index contributed by atoms with van der Waals surface area (Å²) in [6, 6.07) is 15.9. The van der Waals surface area contributed by atoms with E-state index in [0.29, 0.717) is 5.02 Å². The van der Waals surface area contributed by atoms with Crippen molar-refractivity contribution in [2.24, 2.45) is 0 Å². The number of carbonyl (C=O) groups is 1. The smallest absolute Gasteiger partial charge is 0.233 e. The number of amides is 1. The highest BCUT2D eigenvalue weighted by molar-refractivity contribution is 8.00. The monoisotopic (exact) mass is 347 g/mol. The average molecular weight is 348 g/mol. The molecule has 2 nitrogen and oxygen atoms in total. The molecule has 0 saturated carbocycles. The minimum atomic E-state index is -0.159. The van der Waals surface area contributed by atoms with Gasteiger partial charge in [0.2, 0.25) is 5.91 Å². The molecule has 0 aliphatic rings. The number of hydrogen-bond acceptors (Lipinski definition) is 2. The van der Waals surface area contributed by atoms with Gasteiger partial charge in [-0.3, -0.25) is 4.79 Å². The van der Waals surface area contributed by atoms with E-state index < -0.39 is 0 Å². The van der Waals surface area contributed by atoms with Crippen LogP contribution >= 0.6 is 23.4 Å². The molecule has 0 spiro atoms. The Morgan fingerprint density at radius 2 is 1.70 bits per heavy atom. The SMILES string of the molecule is CCc1ccc([C@@H](C)NC(=O)[C@@H](C)Sc2ccc(Cl)cc2)cc1. The second kappa shape index (κ2) is 8.42. The molecule has 1 N–H and O–H groups in total. The Kier molecular flexibility index (Phi) is 6.55. The molecule has 122 valence electrons. The Morgan fingerprint density at radius 1 is 1.09 bits per heavy atom. The Hall–Kier alpha value is -1.45. The number of thioether (sulfide) groups is 1. The zero-order chi connectivity index (χ0) is 16.8. The molecular weight excluding hydrogens is 326 g/mol.